The number of hydrogen-bond acceptors (Lipinski definition) is 2. The van der Waals surface area contributed by atoms with Crippen molar-refractivity contribution in [1.82, 2.24) is 14.9 Å². The molecule has 4 nitrogen and oxygen atoms in total. The number of carbonyl (C=O) groups excluding carboxylic acids is 1. The molecule has 4 heteroatoms. The molecule has 1 aromatic carbocycles. The third kappa shape index (κ3) is 3.36. The molecule has 0 bridgehead atoms. The van der Waals surface area contributed by atoms with Crippen molar-refractivity contribution in [3.8, 4) is 0 Å². The highest BCUT2D eigenvalue weighted by molar-refractivity contribution is 5.79. The molecule has 1 aliphatic rings. The van der Waals surface area contributed by atoms with Gasteiger partial charge in [-0.2, -0.15) is 0 Å². The number of nitrogens with zero attached hydrogens (tertiary/aromatic N) is 2. The number of likely N-dealkylation sites (tertiary alicyclic amines) is 1. The number of pyridine rings is 1. The summed E-state index contributed by atoms with van der Waals surface area (Å²) in [6.07, 6.45) is 7.41. The van der Waals surface area contributed by atoms with Gasteiger partial charge in [0.1, 0.15) is 0 Å². The van der Waals surface area contributed by atoms with E-state index in [1.165, 1.54) is 16.7 Å². The summed E-state index contributed by atoms with van der Waals surface area (Å²) in [4.78, 5) is 22.5. The molecule has 0 atom stereocenters. The summed E-state index contributed by atoms with van der Waals surface area (Å²) in [6, 6.07) is 12.4. The summed E-state index contributed by atoms with van der Waals surface area (Å²) >= 11 is 0. The predicted molar refractivity (Wildman–Crippen MR) is 104 cm³/mol. The van der Waals surface area contributed by atoms with Crippen molar-refractivity contribution in [3.05, 3.63) is 65.5 Å². The summed E-state index contributed by atoms with van der Waals surface area (Å²) in [5, 5.41) is 0. The predicted octanol–water partition coefficient (Wildman–Crippen LogP) is 4.21. The minimum absolute atomic E-state index is 0.281. The molecule has 3 heterocycles. The van der Waals surface area contributed by atoms with E-state index in [0.29, 0.717) is 12.3 Å². The largest absolute Gasteiger partial charge is 0.360 e. The molecule has 1 N–H and O–H groups in total. The van der Waals surface area contributed by atoms with Crippen LogP contribution in [0.5, 0.6) is 0 Å². The Labute approximate surface area is 154 Å². The fourth-order valence-electron chi connectivity index (χ4n) is 4.02. The quantitative estimate of drug-likeness (QED) is 0.768. The van der Waals surface area contributed by atoms with Crippen molar-refractivity contribution in [1.29, 1.82) is 0 Å². The first-order valence-corrected chi connectivity index (χ1v) is 9.46. The van der Waals surface area contributed by atoms with Gasteiger partial charge < -0.3 is 9.88 Å². The van der Waals surface area contributed by atoms with Crippen LogP contribution in [0, 0.1) is 6.92 Å². The lowest BCUT2D eigenvalue weighted by atomic mass is 9.90. The van der Waals surface area contributed by atoms with Gasteiger partial charge in [0.25, 0.3) is 0 Å². The zero-order valence-corrected chi connectivity index (χ0v) is 15.2. The molecule has 1 saturated heterocycles. The molecule has 26 heavy (non-hydrogen) atoms. The summed E-state index contributed by atoms with van der Waals surface area (Å²) in [7, 11) is 0. The highest BCUT2D eigenvalue weighted by atomic mass is 16.2. The second kappa shape index (κ2) is 7.32. The lowest BCUT2D eigenvalue weighted by Gasteiger charge is -2.32. The Morgan fingerprint density at radius 3 is 2.81 bits per heavy atom. The second-order valence-electron chi connectivity index (χ2n) is 7.23. The van der Waals surface area contributed by atoms with Crippen LogP contribution in [0.25, 0.3) is 11.0 Å². The summed E-state index contributed by atoms with van der Waals surface area (Å²) < 4.78 is 0. The molecule has 4 rings (SSSR count). The Kier molecular flexibility index (Phi) is 4.74. The van der Waals surface area contributed by atoms with E-state index < -0.39 is 0 Å². The van der Waals surface area contributed by atoms with Crippen molar-refractivity contribution in [2.75, 3.05) is 13.1 Å². The van der Waals surface area contributed by atoms with Gasteiger partial charge in [0.05, 0.1) is 11.0 Å². The smallest absolute Gasteiger partial charge is 0.222 e. The lowest BCUT2D eigenvalue weighted by Crippen LogP contribution is -2.38. The lowest BCUT2D eigenvalue weighted by molar-refractivity contribution is -0.132. The molecular weight excluding hydrogens is 322 g/mol. The first-order chi connectivity index (χ1) is 12.7. The van der Waals surface area contributed by atoms with Gasteiger partial charge in [-0.15, -0.1) is 0 Å². The van der Waals surface area contributed by atoms with Gasteiger partial charge in [-0.3, -0.25) is 9.78 Å². The van der Waals surface area contributed by atoms with Gasteiger partial charge in [-0.1, -0.05) is 24.3 Å². The Balaban J connectivity index is 1.34. The van der Waals surface area contributed by atoms with E-state index in [1.807, 2.05) is 29.3 Å². The Bertz CT molecular complexity index is 906. The van der Waals surface area contributed by atoms with E-state index in [1.54, 1.807) is 0 Å². The maximum Gasteiger partial charge on any atom is 0.222 e. The highest BCUT2D eigenvalue weighted by Crippen LogP contribution is 2.32. The minimum atomic E-state index is 0.281. The molecule has 2 aromatic heterocycles. The number of carbonyl (C=O) groups is 1. The Morgan fingerprint density at radius 1 is 1.19 bits per heavy atom. The van der Waals surface area contributed by atoms with E-state index in [2.05, 4.69) is 41.3 Å². The number of amides is 1. The van der Waals surface area contributed by atoms with Crippen molar-refractivity contribution < 1.29 is 4.79 Å². The van der Waals surface area contributed by atoms with Gasteiger partial charge in [-0.25, -0.2) is 0 Å². The van der Waals surface area contributed by atoms with Crippen LogP contribution < -0.4 is 0 Å². The molecule has 0 radical (unpaired) electrons. The first kappa shape index (κ1) is 16.8. The van der Waals surface area contributed by atoms with Crippen LogP contribution >= 0.6 is 0 Å². The zero-order valence-electron chi connectivity index (χ0n) is 15.2. The summed E-state index contributed by atoms with van der Waals surface area (Å²) in [6.45, 7) is 3.80. The van der Waals surface area contributed by atoms with Crippen molar-refractivity contribution >= 4 is 16.9 Å². The van der Waals surface area contributed by atoms with Gasteiger partial charge in [-0.05, 0) is 60.9 Å². The Hall–Kier alpha value is -2.62. The number of aryl methyl sites for hydroxylation is 2. The van der Waals surface area contributed by atoms with Crippen LogP contribution in [0.15, 0.2) is 48.8 Å². The number of aromatic nitrogens is 2. The SMILES string of the molecule is Cc1ccccc1CCC(=O)N1CCC(c2c[nH]c3cccnc23)CC1. The zero-order chi connectivity index (χ0) is 17.9. The normalized spacial score (nSPS) is 15.5. The standard InChI is InChI=1S/C22H25N3O/c1-16-5-2-3-6-17(16)8-9-21(26)25-13-10-18(11-14-25)19-15-24-20-7-4-12-23-22(19)20/h2-7,12,15,18,24H,8-11,13-14H2,1H3. The molecule has 0 aliphatic carbocycles. The topological polar surface area (TPSA) is 49.0 Å². The Morgan fingerprint density at radius 2 is 2.00 bits per heavy atom. The monoisotopic (exact) mass is 347 g/mol. The van der Waals surface area contributed by atoms with E-state index >= 15 is 0 Å². The number of benzene rings is 1. The van der Waals surface area contributed by atoms with Gasteiger partial charge in [0.2, 0.25) is 5.91 Å². The molecule has 0 unspecified atom stereocenters. The molecule has 1 fully saturated rings. The molecule has 1 aliphatic heterocycles. The van der Waals surface area contributed by atoms with Crippen LogP contribution in [0.1, 0.15) is 41.9 Å². The summed E-state index contributed by atoms with van der Waals surface area (Å²) in [5.74, 6) is 0.767. The van der Waals surface area contributed by atoms with Crippen LogP contribution in [-0.2, 0) is 11.2 Å². The van der Waals surface area contributed by atoms with Crippen LogP contribution in [0.2, 0.25) is 0 Å². The molecule has 134 valence electrons. The third-order valence-electron chi connectivity index (χ3n) is 5.62. The highest BCUT2D eigenvalue weighted by Gasteiger charge is 2.25. The first-order valence-electron chi connectivity index (χ1n) is 9.46. The molecule has 1 amide bonds. The summed E-state index contributed by atoms with van der Waals surface area (Å²) in [5.41, 5.74) is 6.02. The molecule has 0 spiro atoms. The molecule has 3 aromatic rings. The third-order valence-corrected chi connectivity index (χ3v) is 5.62. The molecular formula is C22H25N3O. The molecule has 0 saturated carbocycles. The number of nitrogens with one attached hydrogen (secondary N) is 1. The van der Waals surface area contributed by atoms with E-state index in [9.17, 15) is 4.79 Å². The van der Waals surface area contributed by atoms with Crippen molar-refractivity contribution in [3.63, 3.8) is 0 Å². The average Bonchev–Trinajstić information content (AvgIpc) is 3.11. The number of H-pyrrole nitrogens is 1. The number of fused-ring (bicyclic) bond motifs is 1. The van der Waals surface area contributed by atoms with Gasteiger partial charge >= 0.3 is 0 Å². The van der Waals surface area contributed by atoms with Crippen molar-refractivity contribution in [2.45, 2.75) is 38.5 Å². The number of aromatic amines is 1. The fraction of sp³-hybridized carbons (Fsp3) is 0.364. The number of hydrogen-bond donors (Lipinski definition) is 1. The van der Waals surface area contributed by atoms with Gasteiger partial charge in [0.15, 0.2) is 0 Å². The number of rotatable bonds is 4. The minimum Gasteiger partial charge on any atom is -0.360 e. The number of piperidine rings is 1. The average molecular weight is 347 g/mol. The second-order valence-corrected chi connectivity index (χ2v) is 7.23. The van der Waals surface area contributed by atoms with Crippen molar-refractivity contribution in [2.24, 2.45) is 0 Å². The van der Waals surface area contributed by atoms with E-state index in [4.69, 9.17) is 0 Å². The van der Waals surface area contributed by atoms with Crippen LogP contribution in [0.3, 0.4) is 0 Å². The van der Waals surface area contributed by atoms with Crippen LogP contribution in [-0.4, -0.2) is 33.9 Å². The maximum atomic E-state index is 12.6. The van der Waals surface area contributed by atoms with E-state index in [-0.39, 0.29) is 5.91 Å². The van der Waals surface area contributed by atoms with E-state index in [0.717, 1.165) is 43.4 Å². The van der Waals surface area contributed by atoms with Crippen LogP contribution in [0.4, 0.5) is 0 Å². The van der Waals surface area contributed by atoms with Gasteiger partial charge in [0, 0.05) is 31.9 Å². The maximum absolute atomic E-state index is 12.6. The fourth-order valence-corrected chi connectivity index (χ4v) is 4.02.